The number of hydrogen-bond acceptors (Lipinski definition) is 2. The first-order chi connectivity index (χ1) is 11.3. The number of unbranched alkanes of at least 4 members (excludes halogenated alkanes) is 7. The molecule has 2 rings (SSSR count). The minimum Gasteiger partial charge on any atom is -0.356 e. The third-order valence-corrected chi connectivity index (χ3v) is 4.89. The second-order valence-corrected chi connectivity index (χ2v) is 6.80. The maximum Gasteiger partial charge on any atom is 0.0981 e. The quantitative estimate of drug-likeness (QED) is 0.479. The average molecular weight is 315 g/mol. The van der Waals surface area contributed by atoms with Gasteiger partial charge in [-0.25, -0.2) is 0 Å². The summed E-state index contributed by atoms with van der Waals surface area (Å²) in [5.74, 6) is 0. The average Bonchev–Trinajstić information content (AvgIpc) is 2.91. The van der Waals surface area contributed by atoms with Crippen LogP contribution in [-0.4, -0.2) is 22.5 Å². The minimum absolute atomic E-state index is 0.486. The second-order valence-electron chi connectivity index (χ2n) is 6.80. The van der Waals surface area contributed by atoms with Gasteiger partial charge in [0.25, 0.3) is 0 Å². The van der Waals surface area contributed by atoms with Crippen LogP contribution in [0.2, 0.25) is 0 Å². The molecule has 2 heteroatoms. The lowest BCUT2D eigenvalue weighted by atomic mass is 10.1. The van der Waals surface area contributed by atoms with Crippen molar-refractivity contribution in [2.45, 2.75) is 77.9 Å². The van der Waals surface area contributed by atoms with Gasteiger partial charge in [0, 0.05) is 25.5 Å². The Bertz CT molecular complexity index is 440. The predicted octanol–water partition coefficient (Wildman–Crippen LogP) is 5.76. The zero-order valence-corrected chi connectivity index (χ0v) is 15.1. The summed E-state index contributed by atoms with van der Waals surface area (Å²) in [4.78, 5) is 4.92. The van der Waals surface area contributed by atoms with Gasteiger partial charge < -0.3 is 9.80 Å². The topological polar surface area (TPSA) is 6.48 Å². The molecule has 1 aromatic rings. The van der Waals surface area contributed by atoms with Crippen molar-refractivity contribution in [3.05, 3.63) is 48.3 Å². The van der Waals surface area contributed by atoms with Gasteiger partial charge in [-0.05, 0) is 18.9 Å². The molecule has 0 fully saturated rings. The number of rotatable bonds is 11. The van der Waals surface area contributed by atoms with Crippen LogP contribution < -0.4 is 0 Å². The molecule has 1 aromatic carbocycles. The highest BCUT2D eigenvalue weighted by Crippen LogP contribution is 2.19. The fourth-order valence-corrected chi connectivity index (χ4v) is 3.28. The van der Waals surface area contributed by atoms with Crippen LogP contribution in [0.25, 0.3) is 0 Å². The third-order valence-electron chi connectivity index (χ3n) is 4.89. The number of nitrogens with zero attached hydrogens (tertiary/aromatic N) is 2. The number of benzene rings is 1. The Hall–Kier alpha value is -1.44. The molecule has 1 aliphatic rings. The Balaban J connectivity index is 1.58. The summed E-state index contributed by atoms with van der Waals surface area (Å²) in [6.07, 6.45) is 16.1. The normalized spacial score (nSPS) is 17.2. The Morgan fingerprint density at radius 2 is 1.39 bits per heavy atom. The summed E-state index contributed by atoms with van der Waals surface area (Å²) in [7, 11) is 0. The van der Waals surface area contributed by atoms with E-state index in [1.165, 1.54) is 63.5 Å². The molecular weight excluding hydrogens is 280 g/mol. The highest BCUT2D eigenvalue weighted by atomic mass is 15.4. The van der Waals surface area contributed by atoms with E-state index in [-0.39, 0.29) is 0 Å². The van der Waals surface area contributed by atoms with Gasteiger partial charge in [0.2, 0.25) is 0 Å². The molecule has 0 spiro atoms. The van der Waals surface area contributed by atoms with E-state index in [0.717, 1.165) is 6.54 Å². The van der Waals surface area contributed by atoms with Crippen LogP contribution in [0.5, 0.6) is 0 Å². The molecule has 0 N–H and O–H groups in total. The van der Waals surface area contributed by atoms with Gasteiger partial charge >= 0.3 is 0 Å². The first-order valence-electron chi connectivity index (χ1n) is 9.55. The Labute approximate surface area is 143 Å². The molecule has 0 bridgehead atoms. The molecule has 1 aliphatic heterocycles. The van der Waals surface area contributed by atoms with E-state index in [1.54, 1.807) is 0 Å². The van der Waals surface area contributed by atoms with Crippen LogP contribution in [-0.2, 0) is 6.54 Å². The van der Waals surface area contributed by atoms with Gasteiger partial charge in [-0.2, -0.15) is 0 Å². The van der Waals surface area contributed by atoms with E-state index in [1.807, 2.05) is 0 Å². The fraction of sp³-hybridized carbons (Fsp3) is 0.619. The first kappa shape index (κ1) is 17.9. The summed E-state index contributed by atoms with van der Waals surface area (Å²) in [5.41, 5.74) is 1.39. The summed E-state index contributed by atoms with van der Waals surface area (Å²) >= 11 is 0. The largest absolute Gasteiger partial charge is 0.356 e. The van der Waals surface area contributed by atoms with Crippen molar-refractivity contribution in [1.29, 1.82) is 0 Å². The molecule has 0 saturated heterocycles. The zero-order valence-electron chi connectivity index (χ0n) is 15.1. The van der Waals surface area contributed by atoms with Crippen LogP contribution in [0, 0.1) is 0 Å². The van der Waals surface area contributed by atoms with E-state index >= 15 is 0 Å². The van der Waals surface area contributed by atoms with Gasteiger partial charge in [0.15, 0.2) is 0 Å². The fourth-order valence-electron chi connectivity index (χ4n) is 3.28. The summed E-state index contributed by atoms with van der Waals surface area (Å²) in [6.45, 7) is 6.80. The maximum absolute atomic E-state index is 2.49. The molecule has 0 amide bonds. The van der Waals surface area contributed by atoms with Crippen molar-refractivity contribution in [3.63, 3.8) is 0 Å². The monoisotopic (exact) mass is 314 g/mol. The molecule has 128 valence electrons. The van der Waals surface area contributed by atoms with E-state index in [2.05, 4.69) is 66.4 Å². The van der Waals surface area contributed by atoms with Crippen molar-refractivity contribution in [3.8, 4) is 0 Å². The molecule has 1 atom stereocenters. The Morgan fingerprint density at radius 3 is 2.09 bits per heavy atom. The van der Waals surface area contributed by atoms with Crippen LogP contribution in [0.15, 0.2) is 42.7 Å². The highest BCUT2D eigenvalue weighted by Gasteiger charge is 2.20. The Kier molecular flexibility index (Phi) is 8.06. The highest BCUT2D eigenvalue weighted by molar-refractivity contribution is 5.15. The molecule has 2 nitrogen and oxygen atoms in total. The van der Waals surface area contributed by atoms with Crippen molar-refractivity contribution in [2.24, 2.45) is 0 Å². The summed E-state index contributed by atoms with van der Waals surface area (Å²) < 4.78 is 0. The summed E-state index contributed by atoms with van der Waals surface area (Å²) in [5, 5.41) is 0. The SMILES string of the molecule is CCCCCCCCCCN1C=CN(Cc2ccccc2)C1C. The molecule has 0 aliphatic carbocycles. The van der Waals surface area contributed by atoms with Crippen LogP contribution in [0.3, 0.4) is 0 Å². The molecule has 0 saturated carbocycles. The van der Waals surface area contributed by atoms with Crippen molar-refractivity contribution in [2.75, 3.05) is 6.54 Å². The minimum atomic E-state index is 0.486. The lowest BCUT2D eigenvalue weighted by Crippen LogP contribution is -2.36. The van der Waals surface area contributed by atoms with E-state index < -0.39 is 0 Å². The zero-order chi connectivity index (χ0) is 16.3. The maximum atomic E-state index is 2.49. The van der Waals surface area contributed by atoms with E-state index in [4.69, 9.17) is 0 Å². The third kappa shape index (κ3) is 6.29. The smallest absolute Gasteiger partial charge is 0.0981 e. The lowest BCUT2D eigenvalue weighted by Gasteiger charge is -2.30. The standard InChI is InChI=1S/C21H34N2/c1-3-4-5-6-7-8-9-13-16-22-17-18-23(20(22)2)19-21-14-11-10-12-15-21/h10-12,14-15,17-18,20H,3-9,13,16,19H2,1-2H3. The molecule has 0 aromatic heterocycles. The molecule has 0 radical (unpaired) electrons. The van der Waals surface area contributed by atoms with E-state index in [9.17, 15) is 0 Å². The van der Waals surface area contributed by atoms with Crippen molar-refractivity contribution in [1.82, 2.24) is 9.80 Å². The van der Waals surface area contributed by atoms with Gasteiger partial charge in [-0.3, -0.25) is 0 Å². The predicted molar refractivity (Wildman–Crippen MR) is 99.9 cm³/mol. The molecule has 23 heavy (non-hydrogen) atoms. The second kappa shape index (κ2) is 10.4. The van der Waals surface area contributed by atoms with Gasteiger partial charge in [-0.1, -0.05) is 82.2 Å². The van der Waals surface area contributed by atoms with Crippen LogP contribution in [0.4, 0.5) is 0 Å². The lowest BCUT2D eigenvalue weighted by molar-refractivity contribution is 0.162. The molecule has 1 unspecified atom stereocenters. The summed E-state index contributed by atoms with van der Waals surface area (Å²) in [6, 6.07) is 10.8. The number of hydrogen-bond donors (Lipinski definition) is 0. The molecular formula is C21H34N2. The molecule has 1 heterocycles. The first-order valence-corrected chi connectivity index (χ1v) is 9.55. The van der Waals surface area contributed by atoms with Gasteiger partial charge in [-0.15, -0.1) is 0 Å². The van der Waals surface area contributed by atoms with Crippen molar-refractivity contribution >= 4 is 0 Å². The van der Waals surface area contributed by atoms with Gasteiger partial charge in [0.05, 0.1) is 6.17 Å². The van der Waals surface area contributed by atoms with Crippen LogP contribution in [0.1, 0.15) is 70.8 Å². The van der Waals surface area contributed by atoms with Crippen LogP contribution >= 0.6 is 0 Å². The Morgan fingerprint density at radius 1 is 0.783 bits per heavy atom. The van der Waals surface area contributed by atoms with E-state index in [0.29, 0.717) is 6.17 Å². The van der Waals surface area contributed by atoms with Gasteiger partial charge in [0.1, 0.15) is 0 Å². The van der Waals surface area contributed by atoms with Crippen molar-refractivity contribution < 1.29 is 0 Å².